The number of carbonyl (C=O) groups excluding carboxylic acids is 3. The van der Waals surface area contributed by atoms with Crippen molar-refractivity contribution in [3.63, 3.8) is 0 Å². The van der Waals surface area contributed by atoms with Gasteiger partial charge < -0.3 is 10.6 Å². The maximum Gasteiger partial charge on any atom is 0.416 e. The highest BCUT2D eigenvalue weighted by molar-refractivity contribution is 8.01. The second-order valence-electron chi connectivity index (χ2n) is 6.32. The molecule has 10 heteroatoms. The van der Waals surface area contributed by atoms with Crippen LogP contribution in [0.4, 0.5) is 18.9 Å². The highest BCUT2D eigenvalue weighted by Gasteiger charge is 2.37. The molecule has 1 aromatic carbocycles. The van der Waals surface area contributed by atoms with E-state index in [0.717, 1.165) is 36.7 Å². The van der Waals surface area contributed by atoms with Crippen LogP contribution in [0.2, 0.25) is 0 Å². The Hall–Kier alpha value is -2.54. The van der Waals surface area contributed by atoms with Crippen molar-refractivity contribution in [2.75, 3.05) is 5.32 Å². The number of halogens is 3. The molecule has 1 saturated carbocycles. The van der Waals surface area contributed by atoms with Crippen LogP contribution in [0.5, 0.6) is 0 Å². The summed E-state index contributed by atoms with van der Waals surface area (Å²) >= 11 is 0.937. The summed E-state index contributed by atoms with van der Waals surface area (Å²) in [6, 6.07) is 4.59. The van der Waals surface area contributed by atoms with Crippen LogP contribution in [-0.2, 0) is 20.6 Å². The van der Waals surface area contributed by atoms with Gasteiger partial charge in [0.25, 0.3) is 0 Å². The van der Waals surface area contributed by atoms with Crippen LogP contribution < -0.4 is 10.6 Å². The molecular weight excluding hydrogens is 383 g/mol. The Morgan fingerprint density at radius 1 is 1.37 bits per heavy atom. The van der Waals surface area contributed by atoms with Gasteiger partial charge in [0.2, 0.25) is 11.8 Å². The summed E-state index contributed by atoms with van der Waals surface area (Å²) in [4.78, 5) is 36.8. The standard InChI is InChI=1S/C17H14F3N3O3S/c18-17(19,20)8-1-4-13-11(5-8)23-16(26)14(27-13)6-12(24)10(7-21)15(25)22-9-2-3-9/h1,4-5,9-10,14H,2-3,6H2,(H,22,25)(H,23,26)/t10-,14+/m1/s1. The van der Waals surface area contributed by atoms with Gasteiger partial charge in [-0.25, -0.2) is 0 Å². The van der Waals surface area contributed by atoms with Crippen molar-refractivity contribution in [3.8, 4) is 6.07 Å². The Kier molecular flexibility index (Phi) is 5.15. The zero-order valence-corrected chi connectivity index (χ0v) is 14.6. The Morgan fingerprint density at radius 3 is 2.67 bits per heavy atom. The first-order chi connectivity index (χ1) is 12.7. The van der Waals surface area contributed by atoms with E-state index in [-0.39, 0.29) is 18.2 Å². The molecule has 0 spiro atoms. The molecule has 1 heterocycles. The highest BCUT2D eigenvalue weighted by atomic mass is 32.2. The number of anilines is 1. The Bertz CT molecular complexity index is 846. The van der Waals surface area contributed by atoms with E-state index in [0.29, 0.717) is 4.90 Å². The normalized spacial score (nSPS) is 20.1. The van der Waals surface area contributed by atoms with E-state index in [4.69, 9.17) is 5.26 Å². The number of hydrogen-bond acceptors (Lipinski definition) is 5. The number of rotatable bonds is 5. The van der Waals surface area contributed by atoms with Crippen LogP contribution in [-0.4, -0.2) is 28.9 Å². The molecule has 0 aromatic heterocycles. The van der Waals surface area contributed by atoms with Crippen molar-refractivity contribution in [2.45, 2.75) is 41.6 Å². The quantitative estimate of drug-likeness (QED) is 0.744. The average Bonchev–Trinajstić information content (AvgIpc) is 3.38. The van der Waals surface area contributed by atoms with E-state index in [1.165, 1.54) is 6.07 Å². The van der Waals surface area contributed by atoms with Crippen molar-refractivity contribution >= 4 is 35.0 Å². The molecule has 0 bridgehead atoms. The topological polar surface area (TPSA) is 99.1 Å². The summed E-state index contributed by atoms with van der Waals surface area (Å²) in [5, 5.41) is 13.1. The lowest BCUT2D eigenvalue weighted by Gasteiger charge is -2.25. The van der Waals surface area contributed by atoms with E-state index in [2.05, 4.69) is 10.6 Å². The fourth-order valence-electron chi connectivity index (χ4n) is 2.55. The summed E-state index contributed by atoms with van der Waals surface area (Å²) in [7, 11) is 0. The summed E-state index contributed by atoms with van der Waals surface area (Å²) in [5.41, 5.74) is -0.871. The molecule has 2 atom stereocenters. The van der Waals surface area contributed by atoms with E-state index >= 15 is 0 Å². The maximum atomic E-state index is 12.8. The van der Waals surface area contributed by atoms with Crippen LogP contribution in [0.1, 0.15) is 24.8 Å². The number of alkyl halides is 3. The summed E-state index contributed by atoms with van der Waals surface area (Å²) in [5.74, 6) is -3.52. The first-order valence-electron chi connectivity index (χ1n) is 8.10. The molecule has 0 radical (unpaired) electrons. The van der Waals surface area contributed by atoms with E-state index in [9.17, 15) is 27.6 Å². The van der Waals surface area contributed by atoms with Crippen LogP contribution in [0.25, 0.3) is 0 Å². The number of fused-ring (bicyclic) bond motifs is 1. The van der Waals surface area contributed by atoms with Crippen LogP contribution in [0.15, 0.2) is 23.1 Å². The fraction of sp³-hybridized carbons (Fsp3) is 0.412. The number of Topliss-reactive ketones (excluding diaryl/α,β-unsaturated/α-hetero) is 1. The maximum absolute atomic E-state index is 12.8. The van der Waals surface area contributed by atoms with E-state index in [1.807, 2.05) is 0 Å². The van der Waals surface area contributed by atoms with E-state index < -0.39 is 40.5 Å². The lowest BCUT2D eigenvalue weighted by atomic mass is 10.00. The fourth-order valence-corrected chi connectivity index (χ4v) is 3.65. The summed E-state index contributed by atoms with van der Waals surface area (Å²) in [6.45, 7) is 0. The molecule has 1 aliphatic heterocycles. The number of thioether (sulfide) groups is 1. The molecule has 142 valence electrons. The number of carbonyl (C=O) groups is 3. The monoisotopic (exact) mass is 397 g/mol. The van der Waals surface area contributed by atoms with Crippen LogP contribution in [0, 0.1) is 17.2 Å². The summed E-state index contributed by atoms with van der Waals surface area (Å²) in [6.07, 6.45) is -3.30. The number of ketones is 1. The molecule has 2 N–H and O–H groups in total. The van der Waals surface area contributed by atoms with Crippen molar-refractivity contribution in [1.29, 1.82) is 5.26 Å². The van der Waals surface area contributed by atoms with Gasteiger partial charge in [-0.3, -0.25) is 14.4 Å². The van der Waals surface area contributed by atoms with E-state index in [1.54, 1.807) is 6.07 Å². The summed E-state index contributed by atoms with van der Waals surface area (Å²) < 4.78 is 38.3. The highest BCUT2D eigenvalue weighted by Crippen LogP contribution is 2.40. The van der Waals surface area contributed by atoms with Crippen molar-refractivity contribution < 1.29 is 27.6 Å². The largest absolute Gasteiger partial charge is 0.416 e. The van der Waals surface area contributed by atoms with Crippen LogP contribution >= 0.6 is 11.8 Å². The molecular formula is C17H14F3N3O3S. The molecule has 3 rings (SSSR count). The van der Waals surface area contributed by atoms with Crippen molar-refractivity contribution in [1.82, 2.24) is 5.32 Å². The third-order valence-electron chi connectivity index (χ3n) is 4.15. The molecule has 1 fully saturated rings. The minimum absolute atomic E-state index is 0.0109. The second-order valence-corrected chi connectivity index (χ2v) is 7.56. The second kappa shape index (κ2) is 7.23. The van der Waals surface area contributed by atoms with Gasteiger partial charge in [-0.15, -0.1) is 11.8 Å². The minimum Gasteiger partial charge on any atom is -0.352 e. The van der Waals surface area contributed by atoms with Crippen LogP contribution in [0.3, 0.4) is 0 Å². The number of nitriles is 1. The zero-order valence-electron chi connectivity index (χ0n) is 13.8. The first-order valence-corrected chi connectivity index (χ1v) is 8.98. The molecule has 1 aromatic rings. The predicted octanol–water partition coefficient (Wildman–Crippen LogP) is 2.50. The van der Waals surface area contributed by atoms with Gasteiger partial charge in [0.15, 0.2) is 11.7 Å². The van der Waals surface area contributed by atoms with Gasteiger partial charge in [-0.05, 0) is 31.0 Å². The molecule has 1 aliphatic carbocycles. The van der Waals surface area contributed by atoms with Crippen molar-refractivity contribution in [2.24, 2.45) is 5.92 Å². The third-order valence-corrected chi connectivity index (χ3v) is 5.43. The minimum atomic E-state index is -4.54. The number of amides is 2. The number of nitrogens with zero attached hydrogens (tertiary/aromatic N) is 1. The lowest BCUT2D eigenvalue weighted by Crippen LogP contribution is -2.38. The first kappa shape index (κ1) is 19.2. The third kappa shape index (κ3) is 4.42. The van der Waals surface area contributed by atoms with Gasteiger partial charge >= 0.3 is 6.18 Å². The molecule has 6 nitrogen and oxygen atoms in total. The lowest BCUT2D eigenvalue weighted by molar-refractivity contribution is -0.137. The Morgan fingerprint density at radius 2 is 2.07 bits per heavy atom. The Labute approximate surface area is 156 Å². The molecule has 2 aliphatic rings. The van der Waals surface area contributed by atoms with Gasteiger partial charge in [0.1, 0.15) is 0 Å². The smallest absolute Gasteiger partial charge is 0.352 e. The van der Waals surface area contributed by atoms with Gasteiger partial charge in [-0.2, -0.15) is 18.4 Å². The number of hydrogen-bond donors (Lipinski definition) is 2. The number of benzene rings is 1. The average molecular weight is 397 g/mol. The van der Waals surface area contributed by atoms with Gasteiger partial charge in [-0.1, -0.05) is 0 Å². The molecule has 2 amide bonds. The molecule has 0 saturated heterocycles. The molecule has 0 unspecified atom stereocenters. The van der Waals surface area contributed by atoms with Gasteiger partial charge in [0, 0.05) is 17.4 Å². The van der Waals surface area contributed by atoms with Gasteiger partial charge in [0.05, 0.1) is 22.6 Å². The Balaban J connectivity index is 1.69. The predicted molar refractivity (Wildman–Crippen MR) is 89.6 cm³/mol. The van der Waals surface area contributed by atoms with Crippen molar-refractivity contribution in [3.05, 3.63) is 23.8 Å². The zero-order chi connectivity index (χ0) is 19.8. The molecule has 27 heavy (non-hydrogen) atoms. The number of nitrogens with one attached hydrogen (secondary N) is 2. The SMILES string of the molecule is N#C[C@H](C(=O)C[C@@H]1Sc2ccc(C(F)(F)F)cc2NC1=O)C(=O)NC1CC1.